The lowest BCUT2D eigenvalue weighted by atomic mass is 9.90. The van der Waals surface area contributed by atoms with E-state index in [1.54, 1.807) is 7.11 Å². The van der Waals surface area contributed by atoms with Crippen LogP contribution in [0.15, 0.2) is 23.0 Å². The van der Waals surface area contributed by atoms with Crippen molar-refractivity contribution in [1.29, 1.82) is 0 Å². The molecule has 2 aromatic rings. The molecule has 17 heavy (non-hydrogen) atoms. The Labute approximate surface area is 99.4 Å². The number of hydrogen-bond donors (Lipinski definition) is 1. The number of pyridine rings is 1. The highest BCUT2D eigenvalue weighted by Gasteiger charge is 2.16. The van der Waals surface area contributed by atoms with E-state index in [0.29, 0.717) is 0 Å². The molecule has 0 spiro atoms. The molecule has 88 valence electrons. The Morgan fingerprint density at radius 3 is 2.71 bits per heavy atom. The average Bonchev–Trinajstić information content (AvgIpc) is 2.39. The number of benzene rings is 1. The number of aryl methyl sites for hydroxylation is 1. The molecular weight excluding hydrogens is 214 g/mol. The van der Waals surface area contributed by atoms with E-state index in [2.05, 4.69) is 4.98 Å². The summed E-state index contributed by atoms with van der Waals surface area (Å²) in [6.07, 6.45) is 4.19. The quantitative estimate of drug-likeness (QED) is 0.816. The standard InChI is InChI=1S/C14H15NO2/c1-17-9-6-7-13-12(8-9)10-4-2-3-5-11(10)14(16)15-13/h6-8H,2-5H2,1H3,(H,15,16). The van der Waals surface area contributed by atoms with Crippen molar-refractivity contribution in [1.82, 2.24) is 4.98 Å². The van der Waals surface area contributed by atoms with Crippen molar-refractivity contribution in [2.75, 3.05) is 7.11 Å². The molecule has 1 aliphatic carbocycles. The summed E-state index contributed by atoms with van der Waals surface area (Å²) in [5, 5.41) is 1.14. The Morgan fingerprint density at radius 1 is 1.18 bits per heavy atom. The highest BCUT2D eigenvalue weighted by atomic mass is 16.5. The fraction of sp³-hybridized carbons (Fsp3) is 0.357. The maximum Gasteiger partial charge on any atom is 0.251 e. The molecule has 0 radical (unpaired) electrons. The molecular formula is C14H15NO2. The molecule has 1 aromatic heterocycles. The first-order chi connectivity index (χ1) is 8.29. The zero-order chi connectivity index (χ0) is 11.8. The normalized spacial score (nSPS) is 14.6. The molecule has 3 nitrogen and oxygen atoms in total. The van der Waals surface area contributed by atoms with Crippen LogP contribution >= 0.6 is 0 Å². The molecule has 0 saturated carbocycles. The first-order valence-corrected chi connectivity index (χ1v) is 6.01. The topological polar surface area (TPSA) is 42.1 Å². The molecule has 1 aromatic carbocycles. The SMILES string of the molecule is COc1ccc2[nH]c(=O)c3c(c2c1)CCCC3. The molecule has 0 aliphatic heterocycles. The van der Waals surface area contributed by atoms with Crippen molar-refractivity contribution >= 4 is 10.9 Å². The maximum absolute atomic E-state index is 11.9. The Balaban J connectivity index is 2.36. The van der Waals surface area contributed by atoms with Gasteiger partial charge in [0.05, 0.1) is 7.11 Å². The second-order valence-electron chi connectivity index (χ2n) is 4.53. The van der Waals surface area contributed by atoms with E-state index in [9.17, 15) is 4.79 Å². The summed E-state index contributed by atoms with van der Waals surface area (Å²) in [6.45, 7) is 0. The molecule has 0 atom stereocenters. The highest BCUT2D eigenvalue weighted by molar-refractivity contribution is 5.84. The van der Waals surface area contributed by atoms with Gasteiger partial charge in [-0.2, -0.15) is 0 Å². The van der Waals surface area contributed by atoms with Crippen LogP contribution in [0.25, 0.3) is 10.9 Å². The molecule has 0 fully saturated rings. The van der Waals surface area contributed by atoms with Crippen molar-refractivity contribution in [2.24, 2.45) is 0 Å². The van der Waals surface area contributed by atoms with Gasteiger partial charge < -0.3 is 9.72 Å². The van der Waals surface area contributed by atoms with Crippen molar-refractivity contribution in [3.8, 4) is 5.75 Å². The number of methoxy groups -OCH3 is 1. The molecule has 1 heterocycles. The predicted molar refractivity (Wildman–Crippen MR) is 67.8 cm³/mol. The largest absolute Gasteiger partial charge is 0.497 e. The van der Waals surface area contributed by atoms with Gasteiger partial charge >= 0.3 is 0 Å². The molecule has 0 saturated heterocycles. The minimum Gasteiger partial charge on any atom is -0.497 e. The van der Waals surface area contributed by atoms with Crippen LogP contribution in [0.4, 0.5) is 0 Å². The summed E-state index contributed by atoms with van der Waals surface area (Å²) < 4.78 is 5.25. The number of nitrogens with one attached hydrogen (secondary N) is 1. The molecule has 1 aliphatic rings. The predicted octanol–water partition coefficient (Wildman–Crippen LogP) is 2.42. The van der Waals surface area contributed by atoms with Crippen molar-refractivity contribution in [3.63, 3.8) is 0 Å². The third-order valence-electron chi connectivity index (χ3n) is 3.54. The zero-order valence-corrected chi connectivity index (χ0v) is 9.88. The Kier molecular flexibility index (Phi) is 2.39. The molecule has 1 N–H and O–H groups in total. The van der Waals surface area contributed by atoms with E-state index in [0.717, 1.165) is 41.5 Å². The van der Waals surface area contributed by atoms with E-state index in [-0.39, 0.29) is 5.56 Å². The Bertz CT molecular complexity index is 628. The lowest BCUT2D eigenvalue weighted by Crippen LogP contribution is -2.19. The van der Waals surface area contributed by atoms with Gasteiger partial charge in [-0.15, -0.1) is 0 Å². The first-order valence-electron chi connectivity index (χ1n) is 6.01. The van der Waals surface area contributed by atoms with Gasteiger partial charge in [-0.1, -0.05) is 0 Å². The van der Waals surface area contributed by atoms with Gasteiger partial charge in [0.1, 0.15) is 5.75 Å². The van der Waals surface area contributed by atoms with Crippen LogP contribution in [0.5, 0.6) is 5.75 Å². The fourth-order valence-corrected chi connectivity index (χ4v) is 2.66. The molecule has 3 rings (SSSR count). The van der Waals surface area contributed by atoms with E-state index >= 15 is 0 Å². The lowest BCUT2D eigenvalue weighted by Gasteiger charge is -2.17. The summed E-state index contributed by atoms with van der Waals surface area (Å²) in [5.41, 5.74) is 3.18. The minimum atomic E-state index is 0.0809. The second-order valence-corrected chi connectivity index (χ2v) is 4.53. The van der Waals surface area contributed by atoms with Crippen molar-refractivity contribution in [3.05, 3.63) is 39.7 Å². The van der Waals surface area contributed by atoms with Crippen LogP contribution in [0.3, 0.4) is 0 Å². The molecule has 0 unspecified atom stereocenters. The number of aromatic amines is 1. The van der Waals surface area contributed by atoms with Crippen LogP contribution in [0.1, 0.15) is 24.0 Å². The van der Waals surface area contributed by atoms with Crippen molar-refractivity contribution in [2.45, 2.75) is 25.7 Å². The van der Waals surface area contributed by atoms with E-state index in [1.165, 1.54) is 12.0 Å². The van der Waals surface area contributed by atoms with Crippen LogP contribution in [0.2, 0.25) is 0 Å². The van der Waals surface area contributed by atoms with Crippen LogP contribution < -0.4 is 10.3 Å². The molecule has 3 heteroatoms. The zero-order valence-electron chi connectivity index (χ0n) is 9.88. The van der Waals surface area contributed by atoms with E-state index in [4.69, 9.17) is 4.74 Å². The number of fused-ring (bicyclic) bond motifs is 3. The first kappa shape index (κ1) is 10.4. The van der Waals surface area contributed by atoms with Gasteiger partial charge in [0.15, 0.2) is 0 Å². The van der Waals surface area contributed by atoms with E-state index in [1.807, 2.05) is 18.2 Å². The summed E-state index contributed by atoms with van der Waals surface area (Å²) in [5.74, 6) is 0.845. The number of H-pyrrole nitrogens is 1. The smallest absolute Gasteiger partial charge is 0.251 e. The minimum absolute atomic E-state index is 0.0809. The summed E-state index contributed by atoms with van der Waals surface area (Å²) in [7, 11) is 1.67. The third kappa shape index (κ3) is 1.62. The third-order valence-corrected chi connectivity index (χ3v) is 3.54. The highest BCUT2D eigenvalue weighted by Crippen LogP contribution is 2.27. The number of aromatic nitrogens is 1. The van der Waals surface area contributed by atoms with Gasteiger partial charge in [0.2, 0.25) is 0 Å². The van der Waals surface area contributed by atoms with Crippen LogP contribution in [0, 0.1) is 0 Å². The van der Waals surface area contributed by atoms with Crippen LogP contribution in [-0.2, 0) is 12.8 Å². The number of ether oxygens (including phenoxy) is 1. The molecule has 0 bridgehead atoms. The Hall–Kier alpha value is -1.77. The summed E-state index contributed by atoms with van der Waals surface area (Å²) in [4.78, 5) is 14.9. The maximum atomic E-state index is 11.9. The summed E-state index contributed by atoms with van der Waals surface area (Å²) in [6, 6.07) is 5.83. The van der Waals surface area contributed by atoms with Gasteiger partial charge in [-0.25, -0.2) is 0 Å². The fourth-order valence-electron chi connectivity index (χ4n) is 2.66. The van der Waals surface area contributed by atoms with Gasteiger partial charge in [-0.05, 0) is 49.4 Å². The lowest BCUT2D eigenvalue weighted by molar-refractivity contribution is 0.415. The van der Waals surface area contributed by atoms with Crippen LogP contribution in [-0.4, -0.2) is 12.1 Å². The molecule has 0 amide bonds. The Morgan fingerprint density at radius 2 is 1.94 bits per heavy atom. The number of rotatable bonds is 1. The van der Waals surface area contributed by atoms with Crippen molar-refractivity contribution < 1.29 is 4.74 Å². The number of hydrogen-bond acceptors (Lipinski definition) is 2. The van der Waals surface area contributed by atoms with Gasteiger partial charge in [0.25, 0.3) is 5.56 Å². The monoisotopic (exact) mass is 229 g/mol. The van der Waals surface area contributed by atoms with Gasteiger partial charge in [0, 0.05) is 16.5 Å². The van der Waals surface area contributed by atoms with E-state index < -0.39 is 0 Å². The average molecular weight is 229 g/mol. The summed E-state index contributed by atoms with van der Waals surface area (Å²) >= 11 is 0. The second kappa shape index (κ2) is 3.91. The van der Waals surface area contributed by atoms with Gasteiger partial charge in [-0.3, -0.25) is 4.79 Å².